The first-order chi connectivity index (χ1) is 19.8. The highest BCUT2D eigenvalue weighted by molar-refractivity contribution is 6.30. The Hall–Kier alpha value is -3.39. The van der Waals surface area contributed by atoms with Gasteiger partial charge in [-0.15, -0.1) is 0 Å². The zero-order chi connectivity index (χ0) is 29.4. The lowest BCUT2D eigenvalue weighted by molar-refractivity contribution is -0.165. The lowest BCUT2D eigenvalue weighted by atomic mass is 9.82. The molecule has 0 saturated heterocycles. The maximum atomic E-state index is 13.5. The molecule has 0 aliphatic carbocycles. The molecule has 41 heavy (non-hydrogen) atoms. The fourth-order valence-electron chi connectivity index (χ4n) is 5.45. The molecule has 1 aliphatic heterocycles. The molecule has 0 bridgehead atoms. The van der Waals surface area contributed by atoms with E-state index in [0.29, 0.717) is 24.5 Å². The van der Waals surface area contributed by atoms with E-state index in [4.69, 9.17) is 21.1 Å². The predicted molar refractivity (Wildman–Crippen MR) is 161 cm³/mol. The number of nitrogens with zero attached hydrogens (tertiary/aromatic N) is 1. The number of aliphatic hydroxyl groups is 1. The summed E-state index contributed by atoms with van der Waals surface area (Å²) in [6, 6.07) is 23.3. The fraction of sp³-hybridized carbons (Fsp3) is 0.394. The summed E-state index contributed by atoms with van der Waals surface area (Å²) in [6.45, 7) is 6.65. The summed E-state index contributed by atoms with van der Waals surface area (Å²) in [7, 11) is 0. The van der Waals surface area contributed by atoms with Gasteiger partial charge < -0.3 is 24.8 Å². The van der Waals surface area contributed by atoms with Crippen LogP contribution in [0.5, 0.6) is 0 Å². The number of halogens is 1. The Bertz CT molecular complexity index is 1310. The SMILES string of the molecule is CCOC(=O)C1(C(=O)OCC)CCc2cc(CC(C)NCC(O)c3cccc(Cl)c3)ccc2N1Cc1ccccc1. The van der Waals surface area contributed by atoms with Crippen molar-refractivity contribution in [2.24, 2.45) is 0 Å². The number of carbonyl (C=O) groups excluding carboxylic acids is 2. The highest BCUT2D eigenvalue weighted by Gasteiger charge is 2.56. The van der Waals surface area contributed by atoms with Gasteiger partial charge >= 0.3 is 11.9 Å². The number of hydrogen-bond donors (Lipinski definition) is 2. The van der Waals surface area contributed by atoms with Crippen LogP contribution >= 0.6 is 11.6 Å². The van der Waals surface area contributed by atoms with E-state index in [1.165, 1.54) is 0 Å². The van der Waals surface area contributed by atoms with Crippen molar-refractivity contribution in [1.29, 1.82) is 0 Å². The monoisotopic (exact) mass is 578 g/mol. The van der Waals surface area contributed by atoms with Crippen LogP contribution in [-0.2, 0) is 38.4 Å². The van der Waals surface area contributed by atoms with Crippen molar-refractivity contribution in [1.82, 2.24) is 5.32 Å². The number of aliphatic hydroxyl groups excluding tert-OH is 1. The number of hydrogen-bond acceptors (Lipinski definition) is 7. The molecule has 2 unspecified atom stereocenters. The van der Waals surface area contributed by atoms with Gasteiger partial charge in [0.15, 0.2) is 0 Å². The number of anilines is 1. The van der Waals surface area contributed by atoms with E-state index in [9.17, 15) is 14.7 Å². The summed E-state index contributed by atoms with van der Waals surface area (Å²) >= 11 is 6.07. The number of fused-ring (bicyclic) bond motifs is 1. The number of rotatable bonds is 12. The molecule has 2 atom stereocenters. The Morgan fingerprint density at radius 1 is 0.976 bits per heavy atom. The quantitative estimate of drug-likeness (QED) is 0.219. The van der Waals surface area contributed by atoms with Crippen LogP contribution in [0.2, 0.25) is 5.02 Å². The minimum atomic E-state index is -1.57. The molecule has 8 heteroatoms. The van der Waals surface area contributed by atoms with Crippen molar-refractivity contribution >= 4 is 29.2 Å². The summed E-state index contributed by atoms with van der Waals surface area (Å²) in [4.78, 5) is 28.9. The largest absolute Gasteiger partial charge is 0.464 e. The third kappa shape index (κ3) is 7.10. The van der Waals surface area contributed by atoms with Gasteiger partial charge in [0, 0.05) is 29.8 Å². The minimum absolute atomic E-state index is 0.101. The van der Waals surface area contributed by atoms with E-state index in [1.54, 1.807) is 26.0 Å². The van der Waals surface area contributed by atoms with Gasteiger partial charge in [-0.05, 0) is 80.5 Å². The molecule has 4 rings (SSSR count). The molecule has 0 amide bonds. The Kier molecular flexibility index (Phi) is 10.4. The molecule has 2 N–H and O–H groups in total. The summed E-state index contributed by atoms with van der Waals surface area (Å²) in [5.74, 6) is -1.17. The summed E-state index contributed by atoms with van der Waals surface area (Å²) in [6.07, 6.45) is 0.870. The van der Waals surface area contributed by atoms with Gasteiger partial charge in [0.2, 0.25) is 5.54 Å². The van der Waals surface area contributed by atoms with Gasteiger partial charge in [0.1, 0.15) is 0 Å². The van der Waals surface area contributed by atoms with Crippen LogP contribution in [0.15, 0.2) is 72.8 Å². The van der Waals surface area contributed by atoms with Gasteiger partial charge in [-0.3, -0.25) is 0 Å². The smallest absolute Gasteiger partial charge is 0.343 e. The number of nitrogens with one attached hydrogen (secondary N) is 1. The van der Waals surface area contributed by atoms with Crippen molar-refractivity contribution in [2.45, 2.75) is 64.3 Å². The number of carbonyl (C=O) groups is 2. The van der Waals surface area contributed by atoms with Crippen molar-refractivity contribution in [3.05, 3.63) is 100 Å². The molecule has 0 aromatic heterocycles. The standard InChI is InChI=1S/C33H39ClN2O5/c1-4-40-31(38)33(32(39)41-5-2)17-16-26-19-25(14-15-29(26)36(33)22-24-10-7-6-8-11-24)18-23(3)35-21-30(37)27-12-9-13-28(34)20-27/h6-15,19-20,23,30,35,37H,4-5,16-18,21-22H2,1-3H3. The van der Waals surface area contributed by atoms with Crippen LogP contribution in [-0.4, -0.2) is 48.4 Å². The van der Waals surface area contributed by atoms with Crippen LogP contribution in [0.4, 0.5) is 5.69 Å². The van der Waals surface area contributed by atoms with E-state index in [-0.39, 0.29) is 25.7 Å². The molecule has 3 aromatic rings. The molecule has 7 nitrogen and oxygen atoms in total. The van der Waals surface area contributed by atoms with Crippen molar-refractivity contribution < 1.29 is 24.2 Å². The molecule has 218 valence electrons. The molecular weight excluding hydrogens is 540 g/mol. The lowest BCUT2D eigenvalue weighted by Crippen LogP contribution is -2.63. The van der Waals surface area contributed by atoms with E-state index in [0.717, 1.165) is 34.4 Å². The third-order valence-corrected chi connectivity index (χ3v) is 7.73. The van der Waals surface area contributed by atoms with E-state index < -0.39 is 23.6 Å². The van der Waals surface area contributed by atoms with Crippen LogP contribution in [0.25, 0.3) is 0 Å². The Balaban J connectivity index is 1.58. The minimum Gasteiger partial charge on any atom is -0.464 e. The average molecular weight is 579 g/mol. The van der Waals surface area contributed by atoms with Gasteiger partial charge in [0.25, 0.3) is 0 Å². The molecule has 1 heterocycles. The first-order valence-corrected chi connectivity index (χ1v) is 14.6. The van der Waals surface area contributed by atoms with Crippen LogP contribution in [0, 0.1) is 0 Å². The summed E-state index contributed by atoms with van der Waals surface area (Å²) < 4.78 is 11.0. The first-order valence-electron chi connectivity index (χ1n) is 14.2. The topological polar surface area (TPSA) is 88.1 Å². The maximum absolute atomic E-state index is 13.5. The number of ether oxygens (including phenoxy) is 2. The zero-order valence-electron chi connectivity index (χ0n) is 23.9. The van der Waals surface area contributed by atoms with Crippen molar-refractivity contribution in [3.8, 4) is 0 Å². The molecular formula is C33H39ClN2O5. The highest BCUT2D eigenvalue weighted by atomic mass is 35.5. The first kappa shape index (κ1) is 30.6. The average Bonchev–Trinajstić information content (AvgIpc) is 2.97. The van der Waals surface area contributed by atoms with E-state index in [1.807, 2.05) is 59.5 Å². The van der Waals surface area contributed by atoms with Crippen molar-refractivity contribution in [3.63, 3.8) is 0 Å². The van der Waals surface area contributed by atoms with Crippen LogP contribution < -0.4 is 10.2 Å². The Morgan fingerprint density at radius 3 is 2.34 bits per heavy atom. The van der Waals surface area contributed by atoms with E-state index >= 15 is 0 Å². The fourth-order valence-corrected chi connectivity index (χ4v) is 5.65. The number of benzene rings is 3. The molecule has 3 aromatic carbocycles. The van der Waals surface area contributed by atoms with Crippen LogP contribution in [0.3, 0.4) is 0 Å². The highest BCUT2D eigenvalue weighted by Crippen LogP contribution is 2.40. The van der Waals surface area contributed by atoms with E-state index in [2.05, 4.69) is 18.3 Å². The molecule has 1 aliphatic rings. The third-order valence-electron chi connectivity index (χ3n) is 7.50. The lowest BCUT2D eigenvalue weighted by Gasteiger charge is -2.45. The number of aryl methyl sites for hydroxylation is 1. The predicted octanol–water partition coefficient (Wildman–Crippen LogP) is 5.41. The normalized spacial score (nSPS) is 15.5. The van der Waals surface area contributed by atoms with Gasteiger partial charge in [-0.25, -0.2) is 9.59 Å². The zero-order valence-corrected chi connectivity index (χ0v) is 24.7. The van der Waals surface area contributed by atoms with Gasteiger partial charge in [-0.1, -0.05) is 66.2 Å². The summed E-state index contributed by atoms with van der Waals surface area (Å²) in [5.41, 5.74) is 3.19. The van der Waals surface area contributed by atoms with Crippen LogP contribution in [0.1, 0.15) is 55.5 Å². The Labute approximate surface area is 247 Å². The Morgan fingerprint density at radius 2 is 1.68 bits per heavy atom. The van der Waals surface area contributed by atoms with Gasteiger partial charge in [0.05, 0.1) is 19.3 Å². The second kappa shape index (κ2) is 14.0. The summed E-state index contributed by atoms with van der Waals surface area (Å²) in [5, 5.41) is 14.6. The number of esters is 2. The molecule has 0 fully saturated rings. The maximum Gasteiger partial charge on any atom is 0.343 e. The second-order valence-corrected chi connectivity index (χ2v) is 10.9. The molecule has 0 radical (unpaired) electrons. The second-order valence-electron chi connectivity index (χ2n) is 10.4. The van der Waals surface area contributed by atoms with Crippen molar-refractivity contribution in [2.75, 3.05) is 24.7 Å². The molecule has 0 spiro atoms. The van der Waals surface area contributed by atoms with Gasteiger partial charge in [-0.2, -0.15) is 0 Å². The molecule has 0 saturated carbocycles.